The number of rotatable bonds is 5. The maximum absolute atomic E-state index is 6.68. The average Bonchev–Trinajstić information content (AvgIpc) is 2.44. The Bertz CT molecular complexity index is 569. The van der Waals surface area contributed by atoms with Crippen molar-refractivity contribution in [2.75, 3.05) is 6.61 Å². The zero-order chi connectivity index (χ0) is 13.9. The highest BCUT2D eigenvalue weighted by Crippen LogP contribution is 2.40. The number of hydrogen-bond acceptors (Lipinski definition) is 1. The van der Waals surface area contributed by atoms with Gasteiger partial charge >= 0.3 is 0 Å². The van der Waals surface area contributed by atoms with Crippen LogP contribution in [0.15, 0.2) is 42.5 Å². The molecule has 20 heavy (non-hydrogen) atoms. The third kappa shape index (κ3) is 2.84. The second-order valence-corrected chi connectivity index (χ2v) is 6.21. The van der Waals surface area contributed by atoms with Crippen LogP contribution in [0.2, 0.25) is 0 Å². The highest BCUT2D eigenvalue weighted by molar-refractivity contribution is 6.21. The van der Waals surface area contributed by atoms with E-state index in [-0.39, 0.29) is 5.38 Å². The summed E-state index contributed by atoms with van der Waals surface area (Å²) in [5.74, 6) is 0.716. The first-order chi connectivity index (χ1) is 9.78. The topological polar surface area (TPSA) is 9.23 Å². The second kappa shape index (κ2) is 6.15. The fraction of sp³-hybridized carbons (Fsp3) is 0.444. The molecule has 1 aliphatic rings. The van der Waals surface area contributed by atoms with E-state index in [0.717, 1.165) is 13.0 Å². The number of halogens is 1. The summed E-state index contributed by atoms with van der Waals surface area (Å²) in [4.78, 5) is 0. The van der Waals surface area contributed by atoms with Crippen LogP contribution in [0.3, 0.4) is 0 Å². The summed E-state index contributed by atoms with van der Waals surface area (Å²) in [5.41, 5.74) is 1.27. The lowest BCUT2D eigenvalue weighted by Crippen LogP contribution is -2.31. The Morgan fingerprint density at radius 3 is 2.70 bits per heavy atom. The molecule has 1 saturated carbocycles. The monoisotopic (exact) mass is 288 g/mol. The molecule has 0 spiro atoms. The molecule has 0 saturated heterocycles. The lowest BCUT2D eigenvalue weighted by Gasteiger charge is -2.36. The van der Waals surface area contributed by atoms with Crippen molar-refractivity contribution in [1.29, 1.82) is 0 Å². The van der Waals surface area contributed by atoms with E-state index in [9.17, 15) is 0 Å². The molecule has 0 heterocycles. The van der Waals surface area contributed by atoms with E-state index in [1.807, 2.05) is 0 Å². The Labute approximate surface area is 125 Å². The van der Waals surface area contributed by atoms with Crippen LogP contribution in [0.5, 0.6) is 0 Å². The van der Waals surface area contributed by atoms with Crippen LogP contribution in [0.1, 0.15) is 37.1 Å². The average molecular weight is 289 g/mol. The Hall–Kier alpha value is -1.05. The van der Waals surface area contributed by atoms with Crippen LogP contribution in [-0.2, 0) is 4.74 Å². The molecule has 0 aromatic heterocycles. The first-order valence-corrected chi connectivity index (χ1v) is 7.95. The standard InChI is InChI=1S/C18H21ClO/c1-2-20-15-10-13(11-15)12-18(19)17-9-5-7-14-6-3-4-8-16(14)17/h3-9,13,15,18H,2,10-12H2,1H3. The third-order valence-corrected chi connectivity index (χ3v) is 4.71. The van der Waals surface area contributed by atoms with Gasteiger partial charge in [0.1, 0.15) is 0 Å². The van der Waals surface area contributed by atoms with Crippen molar-refractivity contribution in [1.82, 2.24) is 0 Å². The fourth-order valence-corrected chi connectivity index (χ4v) is 3.62. The zero-order valence-electron chi connectivity index (χ0n) is 11.9. The predicted octanol–water partition coefficient (Wildman–Crippen LogP) is 5.32. The van der Waals surface area contributed by atoms with Crippen LogP contribution in [0.25, 0.3) is 10.8 Å². The Balaban J connectivity index is 1.69. The summed E-state index contributed by atoms with van der Waals surface area (Å²) in [6, 6.07) is 14.9. The highest BCUT2D eigenvalue weighted by atomic mass is 35.5. The van der Waals surface area contributed by atoms with Crippen LogP contribution >= 0.6 is 11.6 Å². The van der Waals surface area contributed by atoms with Crippen LogP contribution in [-0.4, -0.2) is 12.7 Å². The van der Waals surface area contributed by atoms with Crippen molar-refractivity contribution >= 4 is 22.4 Å². The van der Waals surface area contributed by atoms with Gasteiger partial charge in [-0.3, -0.25) is 0 Å². The van der Waals surface area contributed by atoms with E-state index < -0.39 is 0 Å². The summed E-state index contributed by atoms with van der Waals surface area (Å²) >= 11 is 6.68. The van der Waals surface area contributed by atoms with Gasteiger partial charge in [0.2, 0.25) is 0 Å². The number of benzene rings is 2. The molecule has 1 aliphatic carbocycles. The summed E-state index contributed by atoms with van der Waals surface area (Å²) in [5, 5.41) is 2.67. The van der Waals surface area contributed by atoms with Gasteiger partial charge in [-0.2, -0.15) is 0 Å². The van der Waals surface area contributed by atoms with Crippen molar-refractivity contribution in [3.63, 3.8) is 0 Å². The van der Waals surface area contributed by atoms with Crippen molar-refractivity contribution < 1.29 is 4.74 Å². The molecule has 106 valence electrons. The van der Waals surface area contributed by atoms with Crippen molar-refractivity contribution in [3.8, 4) is 0 Å². The van der Waals surface area contributed by atoms with E-state index in [2.05, 4.69) is 49.4 Å². The lowest BCUT2D eigenvalue weighted by atomic mass is 9.78. The number of fused-ring (bicyclic) bond motifs is 1. The van der Waals surface area contributed by atoms with E-state index in [1.165, 1.54) is 29.2 Å². The maximum Gasteiger partial charge on any atom is 0.0594 e. The highest BCUT2D eigenvalue weighted by Gasteiger charge is 2.31. The van der Waals surface area contributed by atoms with E-state index in [1.54, 1.807) is 0 Å². The largest absolute Gasteiger partial charge is 0.378 e. The number of alkyl halides is 1. The molecule has 1 fully saturated rings. The maximum atomic E-state index is 6.68. The van der Waals surface area contributed by atoms with Crippen molar-refractivity contribution in [3.05, 3.63) is 48.0 Å². The van der Waals surface area contributed by atoms with E-state index >= 15 is 0 Å². The normalized spacial score (nSPS) is 23.5. The van der Waals surface area contributed by atoms with Gasteiger partial charge in [-0.25, -0.2) is 0 Å². The molecule has 3 rings (SSSR count). The summed E-state index contributed by atoms with van der Waals surface area (Å²) < 4.78 is 5.62. The van der Waals surface area contributed by atoms with Gasteiger partial charge in [0.25, 0.3) is 0 Å². The Kier molecular flexibility index (Phi) is 4.28. The van der Waals surface area contributed by atoms with Crippen LogP contribution < -0.4 is 0 Å². The third-order valence-electron chi connectivity index (χ3n) is 4.30. The first-order valence-electron chi connectivity index (χ1n) is 7.51. The molecule has 1 nitrogen and oxygen atoms in total. The lowest BCUT2D eigenvalue weighted by molar-refractivity contribution is -0.0267. The molecule has 0 amide bonds. The minimum Gasteiger partial charge on any atom is -0.378 e. The Morgan fingerprint density at radius 2 is 1.90 bits per heavy atom. The van der Waals surface area contributed by atoms with Crippen molar-refractivity contribution in [2.24, 2.45) is 5.92 Å². The Morgan fingerprint density at radius 1 is 1.15 bits per heavy atom. The fourth-order valence-electron chi connectivity index (χ4n) is 3.18. The second-order valence-electron chi connectivity index (χ2n) is 5.69. The molecule has 1 atom stereocenters. The molecule has 0 radical (unpaired) electrons. The smallest absolute Gasteiger partial charge is 0.0594 e. The molecular weight excluding hydrogens is 268 g/mol. The number of ether oxygens (including phenoxy) is 1. The molecule has 2 aromatic rings. The quantitative estimate of drug-likeness (QED) is 0.676. The zero-order valence-corrected chi connectivity index (χ0v) is 12.6. The molecule has 2 heteroatoms. The van der Waals surface area contributed by atoms with Gasteiger partial charge in [0.15, 0.2) is 0 Å². The van der Waals surface area contributed by atoms with Gasteiger partial charge < -0.3 is 4.74 Å². The summed E-state index contributed by atoms with van der Waals surface area (Å²) in [7, 11) is 0. The van der Waals surface area contributed by atoms with Crippen molar-refractivity contribution in [2.45, 2.75) is 37.7 Å². The van der Waals surface area contributed by atoms with Gasteiger partial charge in [0.05, 0.1) is 11.5 Å². The molecular formula is C18H21ClO. The van der Waals surface area contributed by atoms with Gasteiger partial charge in [-0.05, 0) is 48.4 Å². The van der Waals surface area contributed by atoms with Gasteiger partial charge in [-0.15, -0.1) is 11.6 Å². The summed E-state index contributed by atoms with van der Waals surface area (Å²) in [6.07, 6.45) is 3.87. The van der Waals surface area contributed by atoms with Crippen LogP contribution in [0.4, 0.5) is 0 Å². The minimum absolute atomic E-state index is 0.105. The van der Waals surface area contributed by atoms with E-state index in [4.69, 9.17) is 16.3 Å². The molecule has 1 unspecified atom stereocenters. The molecule has 0 bridgehead atoms. The summed E-state index contributed by atoms with van der Waals surface area (Å²) in [6.45, 7) is 2.89. The molecule has 0 N–H and O–H groups in total. The molecule has 2 aromatic carbocycles. The predicted molar refractivity (Wildman–Crippen MR) is 85.3 cm³/mol. The first kappa shape index (κ1) is 13.9. The molecule has 0 aliphatic heterocycles. The SMILES string of the molecule is CCOC1CC(CC(Cl)c2cccc3ccccc23)C1. The number of hydrogen-bond donors (Lipinski definition) is 0. The van der Waals surface area contributed by atoms with Crippen LogP contribution in [0, 0.1) is 5.92 Å². The van der Waals surface area contributed by atoms with Gasteiger partial charge in [0, 0.05) is 6.61 Å². The minimum atomic E-state index is 0.105. The van der Waals surface area contributed by atoms with Gasteiger partial charge in [-0.1, -0.05) is 42.5 Å². The van der Waals surface area contributed by atoms with E-state index in [0.29, 0.717) is 12.0 Å².